The van der Waals surface area contributed by atoms with E-state index >= 15 is 0 Å². The second-order valence-corrected chi connectivity index (χ2v) is 8.19. The highest BCUT2D eigenvalue weighted by Gasteiger charge is 2.20. The fourth-order valence-corrected chi connectivity index (χ4v) is 4.62. The van der Waals surface area contributed by atoms with Crippen molar-refractivity contribution >= 4 is 50.9 Å². The smallest absolute Gasteiger partial charge is 0.257 e. The molecule has 0 fully saturated rings. The maximum Gasteiger partial charge on any atom is 0.257 e. The molecule has 0 N–H and O–H groups in total. The van der Waals surface area contributed by atoms with E-state index in [1.165, 1.54) is 23.1 Å². The second-order valence-electron chi connectivity index (χ2n) is 6.43. The SMILES string of the molecule is CC(=O)N(c1nc(CSc2nc3ccccc3o2)cs1)c1cccc(C)c1C. The lowest BCUT2D eigenvalue weighted by atomic mass is 10.1. The first-order valence-electron chi connectivity index (χ1n) is 8.82. The van der Waals surface area contributed by atoms with Gasteiger partial charge in [-0.25, -0.2) is 9.97 Å². The molecule has 0 aliphatic carbocycles. The molecule has 0 bridgehead atoms. The van der Waals surface area contributed by atoms with Crippen molar-refractivity contribution in [3.63, 3.8) is 0 Å². The Morgan fingerprint density at radius 2 is 1.96 bits per heavy atom. The van der Waals surface area contributed by atoms with Crippen LogP contribution in [-0.2, 0) is 10.5 Å². The van der Waals surface area contributed by atoms with Crippen LogP contribution in [0.4, 0.5) is 10.8 Å². The molecule has 2 aromatic heterocycles. The third-order valence-corrected chi connectivity index (χ3v) is 6.22. The first kappa shape index (κ1) is 18.7. The van der Waals surface area contributed by atoms with Gasteiger partial charge < -0.3 is 4.42 Å². The molecule has 0 aliphatic rings. The molecule has 0 saturated carbocycles. The third kappa shape index (κ3) is 3.68. The Morgan fingerprint density at radius 3 is 2.75 bits per heavy atom. The predicted molar refractivity (Wildman–Crippen MR) is 114 cm³/mol. The standard InChI is InChI=1S/C21H19N3O2S2/c1-13-7-6-9-18(14(13)2)24(15(3)25)20-22-16(11-27-20)12-28-21-23-17-8-4-5-10-19(17)26-21/h4-11H,12H2,1-3H3. The molecule has 28 heavy (non-hydrogen) atoms. The minimum atomic E-state index is -0.0544. The van der Waals surface area contributed by atoms with Crippen LogP contribution in [0.1, 0.15) is 23.7 Å². The highest BCUT2D eigenvalue weighted by atomic mass is 32.2. The van der Waals surface area contributed by atoms with Crippen LogP contribution < -0.4 is 4.90 Å². The number of oxazole rings is 1. The highest BCUT2D eigenvalue weighted by Crippen LogP contribution is 2.34. The van der Waals surface area contributed by atoms with Gasteiger partial charge in [-0.3, -0.25) is 9.69 Å². The fraction of sp³-hybridized carbons (Fsp3) is 0.190. The summed E-state index contributed by atoms with van der Waals surface area (Å²) in [7, 11) is 0. The zero-order valence-corrected chi connectivity index (χ0v) is 17.4. The van der Waals surface area contributed by atoms with Crippen molar-refractivity contribution in [2.24, 2.45) is 0 Å². The van der Waals surface area contributed by atoms with Gasteiger partial charge in [0.2, 0.25) is 5.91 Å². The molecule has 2 heterocycles. The Hall–Kier alpha value is -2.64. The number of thiazole rings is 1. The Labute approximate surface area is 171 Å². The van der Waals surface area contributed by atoms with Gasteiger partial charge in [-0.1, -0.05) is 36.0 Å². The normalized spacial score (nSPS) is 11.1. The molecule has 0 unspecified atom stereocenters. The Morgan fingerprint density at radius 1 is 1.14 bits per heavy atom. The van der Waals surface area contributed by atoms with Crippen LogP contribution in [0.3, 0.4) is 0 Å². The number of aryl methyl sites for hydroxylation is 1. The van der Waals surface area contributed by atoms with Gasteiger partial charge in [-0.05, 0) is 43.2 Å². The number of carbonyl (C=O) groups excluding carboxylic acids is 1. The Kier molecular flexibility index (Phi) is 5.19. The number of hydrogen-bond acceptors (Lipinski definition) is 6. The summed E-state index contributed by atoms with van der Waals surface area (Å²) in [5.41, 5.74) is 5.62. The van der Waals surface area contributed by atoms with E-state index in [9.17, 15) is 4.79 Å². The zero-order chi connectivity index (χ0) is 19.7. The minimum absolute atomic E-state index is 0.0544. The molecule has 1 amide bonds. The topological polar surface area (TPSA) is 59.2 Å². The molecule has 4 aromatic rings. The van der Waals surface area contributed by atoms with Gasteiger partial charge >= 0.3 is 0 Å². The Bertz CT molecular complexity index is 1120. The van der Waals surface area contributed by atoms with E-state index in [1.54, 1.807) is 11.8 Å². The summed E-state index contributed by atoms with van der Waals surface area (Å²) in [5, 5.41) is 3.27. The molecule has 0 spiro atoms. The molecular weight excluding hydrogens is 390 g/mol. The average Bonchev–Trinajstić information content (AvgIpc) is 3.30. The molecule has 2 aromatic carbocycles. The molecular formula is C21H19N3O2S2. The van der Waals surface area contributed by atoms with Gasteiger partial charge in [0.1, 0.15) is 5.52 Å². The van der Waals surface area contributed by atoms with Crippen molar-refractivity contribution in [2.45, 2.75) is 31.7 Å². The zero-order valence-electron chi connectivity index (χ0n) is 15.8. The highest BCUT2D eigenvalue weighted by molar-refractivity contribution is 7.98. The van der Waals surface area contributed by atoms with Crippen LogP contribution in [0.5, 0.6) is 0 Å². The van der Waals surface area contributed by atoms with Crippen molar-refractivity contribution in [3.05, 3.63) is 64.7 Å². The maximum atomic E-state index is 12.4. The number of rotatable bonds is 5. The van der Waals surface area contributed by atoms with Crippen LogP contribution >= 0.6 is 23.1 Å². The summed E-state index contributed by atoms with van der Waals surface area (Å²) in [6, 6.07) is 13.7. The largest absolute Gasteiger partial charge is 0.431 e. The summed E-state index contributed by atoms with van der Waals surface area (Å²) < 4.78 is 5.74. The molecule has 4 rings (SSSR count). The molecule has 0 saturated heterocycles. The van der Waals surface area contributed by atoms with Crippen molar-refractivity contribution in [1.82, 2.24) is 9.97 Å². The van der Waals surface area contributed by atoms with E-state index in [1.807, 2.05) is 61.7 Å². The van der Waals surface area contributed by atoms with Gasteiger partial charge in [0.05, 0.1) is 11.4 Å². The summed E-state index contributed by atoms with van der Waals surface area (Å²) >= 11 is 2.96. The number of amides is 1. The monoisotopic (exact) mass is 409 g/mol. The lowest BCUT2D eigenvalue weighted by Crippen LogP contribution is -2.23. The van der Waals surface area contributed by atoms with Crippen molar-refractivity contribution in [3.8, 4) is 0 Å². The van der Waals surface area contributed by atoms with Crippen molar-refractivity contribution < 1.29 is 9.21 Å². The lowest BCUT2D eigenvalue weighted by Gasteiger charge is -2.21. The summed E-state index contributed by atoms with van der Waals surface area (Å²) in [6.07, 6.45) is 0. The fourth-order valence-electron chi connectivity index (χ4n) is 2.90. The molecule has 0 aliphatic heterocycles. The van der Waals surface area contributed by atoms with E-state index in [2.05, 4.69) is 9.97 Å². The predicted octanol–water partition coefficient (Wildman–Crippen LogP) is 5.88. The summed E-state index contributed by atoms with van der Waals surface area (Å²) in [6.45, 7) is 5.63. The number of nitrogens with zero attached hydrogens (tertiary/aromatic N) is 3. The van der Waals surface area contributed by atoms with Crippen LogP contribution in [0.2, 0.25) is 0 Å². The number of aromatic nitrogens is 2. The van der Waals surface area contributed by atoms with Gasteiger partial charge in [0.25, 0.3) is 5.22 Å². The van der Waals surface area contributed by atoms with Gasteiger partial charge in [0.15, 0.2) is 10.7 Å². The number of hydrogen-bond donors (Lipinski definition) is 0. The van der Waals surface area contributed by atoms with Crippen LogP contribution in [-0.4, -0.2) is 15.9 Å². The molecule has 142 valence electrons. The first-order chi connectivity index (χ1) is 13.5. The van der Waals surface area contributed by atoms with E-state index < -0.39 is 0 Å². The quantitative estimate of drug-likeness (QED) is 0.385. The van der Waals surface area contributed by atoms with Gasteiger partial charge in [-0.15, -0.1) is 11.3 Å². The minimum Gasteiger partial charge on any atom is -0.431 e. The third-order valence-electron chi connectivity index (χ3n) is 4.48. The molecule has 0 radical (unpaired) electrons. The van der Waals surface area contributed by atoms with E-state index in [4.69, 9.17) is 4.42 Å². The van der Waals surface area contributed by atoms with Crippen molar-refractivity contribution in [1.29, 1.82) is 0 Å². The van der Waals surface area contributed by atoms with Crippen LogP contribution in [0.25, 0.3) is 11.1 Å². The van der Waals surface area contributed by atoms with Crippen LogP contribution in [0, 0.1) is 13.8 Å². The van der Waals surface area contributed by atoms with E-state index in [-0.39, 0.29) is 5.91 Å². The van der Waals surface area contributed by atoms with Crippen molar-refractivity contribution in [2.75, 3.05) is 4.90 Å². The summed E-state index contributed by atoms with van der Waals surface area (Å²) in [4.78, 5) is 23.2. The number of para-hydroxylation sites is 2. The number of benzene rings is 2. The summed E-state index contributed by atoms with van der Waals surface area (Å²) in [5.74, 6) is 0.572. The van der Waals surface area contributed by atoms with Gasteiger partial charge in [-0.2, -0.15) is 0 Å². The Balaban J connectivity index is 1.55. The molecule has 0 atom stereocenters. The number of fused-ring (bicyclic) bond motifs is 1. The molecule has 5 nitrogen and oxygen atoms in total. The average molecular weight is 410 g/mol. The van der Waals surface area contributed by atoms with E-state index in [0.29, 0.717) is 16.1 Å². The number of anilines is 2. The second kappa shape index (κ2) is 7.77. The van der Waals surface area contributed by atoms with Gasteiger partial charge in [0, 0.05) is 18.1 Å². The van der Waals surface area contributed by atoms with E-state index in [0.717, 1.165) is 33.6 Å². The lowest BCUT2D eigenvalue weighted by molar-refractivity contribution is -0.115. The maximum absolute atomic E-state index is 12.4. The molecule has 7 heteroatoms. The first-order valence-corrected chi connectivity index (χ1v) is 10.7. The van der Waals surface area contributed by atoms with Crippen LogP contribution in [0.15, 0.2) is 57.5 Å². The number of thioether (sulfide) groups is 1. The number of carbonyl (C=O) groups is 1.